The molecule has 6 nitrogen and oxygen atoms in total. The van der Waals surface area contributed by atoms with Gasteiger partial charge in [-0.3, -0.25) is 0 Å². The molecule has 0 aliphatic carbocycles. The number of ether oxygens (including phenoxy) is 1. The van der Waals surface area contributed by atoms with Gasteiger partial charge in [0.2, 0.25) is 5.52 Å². The Bertz CT molecular complexity index is 667. The quantitative estimate of drug-likeness (QED) is 0.228. The zero-order valence-electron chi connectivity index (χ0n) is 10.9. The zero-order chi connectivity index (χ0) is 14.5. The Hall–Kier alpha value is -2.63. The second kappa shape index (κ2) is 6.01. The van der Waals surface area contributed by atoms with E-state index in [0.717, 1.165) is 4.73 Å². The summed E-state index contributed by atoms with van der Waals surface area (Å²) in [6.45, 7) is 1.87. The number of hydrogen-bond acceptors (Lipinski definition) is 5. The van der Waals surface area contributed by atoms with E-state index in [1.807, 2.05) is 0 Å². The molecule has 0 bridgehead atoms. The summed E-state index contributed by atoms with van der Waals surface area (Å²) in [5, 5.41) is 24.3. The average molecular weight is 274 g/mol. The summed E-state index contributed by atoms with van der Waals surface area (Å²) in [5.74, 6) is -0.669. The lowest BCUT2D eigenvalue weighted by Gasteiger charge is -2.08. The predicted octanol–water partition coefficient (Wildman–Crippen LogP) is 1.41. The molecule has 2 aromatic rings. The maximum Gasteiger partial charge on any atom is 0.356 e. The summed E-state index contributed by atoms with van der Waals surface area (Å²) in [6.07, 6.45) is 1.45. The van der Waals surface area contributed by atoms with Gasteiger partial charge in [-0.2, -0.15) is 4.73 Å². The molecule has 20 heavy (non-hydrogen) atoms. The zero-order valence-corrected chi connectivity index (χ0v) is 10.9. The number of esters is 1. The first-order chi connectivity index (χ1) is 9.67. The van der Waals surface area contributed by atoms with Gasteiger partial charge in [0.1, 0.15) is 0 Å². The highest BCUT2D eigenvalue weighted by Crippen LogP contribution is 2.16. The van der Waals surface area contributed by atoms with Crippen molar-refractivity contribution in [2.75, 3.05) is 6.61 Å². The Morgan fingerprint density at radius 3 is 2.85 bits per heavy atom. The van der Waals surface area contributed by atoms with Crippen LogP contribution in [0.4, 0.5) is 0 Å². The fourth-order valence-electron chi connectivity index (χ4n) is 1.96. The van der Waals surface area contributed by atoms with Gasteiger partial charge >= 0.3 is 5.97 Å². The highest BCUT2D eigenvalue weighted by Gasteiger charge is 2.17. The lowest BCUT2D eigenvalue weighted by Crippen LogP contribution is -2.27. The van der Waals surface area contributed by atoms with Gasteiger partial charge in [0.15, 0.2) is 11.9 Å². The Labute approximate surface area is 115 Å². The van der Waals surface area contributed by atoms with Crippen LogP contribution in [0.2, 0.25) is 0 Å². The molecule has 0 unspecified atom stereocenters. The van der Waals surface area contributed by atoms with E-state index >= 15 is 0 Å². The molecule has 1 aromatic carbocycles. The van der Waals surface area contributed by atoms with Crippen LogP contribution in [-0.4, -0.2) is 23.5 Å². The summed E-state index contributed by atoms with van der Waals surface area (Å²) in [4.78, 5) is 11.6. The average Bonchev–Trinajstić information content (AvgIpc) is 2.47. The molecule has 0 saturated carbocycles. The number of oxime groups is 1. The van der Waals surface area contributed by atoms with Gasteiger partial charge in [-0.15, -0.1) is 0 Å². The van der Waals surface area contributed by atoms with Crippen LogP contribution in [0.5, 0.6) is 0 Å². The fraction of sp³-hybridized carbons (Fsp3) is 0.214. The number of carbonyl (C=O) groups is 1. The number of aromatic nitrogens is 1. The summed E-state index contributed by atoms with van der Waals surface area (Å²) >= 11 is 0. The standard InChI is InChI=1S/C14H14N2O4/c1-2-20-14(17)12(15-18)9-10-7-8-16(19)13-6-4-3-5-11(10)13/h3-8,18H,2,9H2,1H3. The number of nitrogens with zero attached hydrogens (tertiary/aromatic N) is 2. The fourth-order valence-corrected chi connectivity index (χ4v) is 1.96. The molecule has 104 valence electrons. The molecule has 0 saturated heterocycles. The van der Waals surface area contributed by atoms with Crippen molar-refractivity contribution >= 4 is 22.6 Å². The van der Waals surface area contributed by atoms with Gasteiger partial charge < -0.3 is 15.2 Å². The van der Waals surface area contributed by atoms with Crippen molar-refractivity contribution in [3.63, 3.8) is 0 Å². The number of fused-ring (bicyclic) bond motifs is 1. The summed E-state index contributed by atoms with van der Waals surface area (Å²) in [7, 11) is 0. The molecule has 1 heterocycles. The first-order valence-electron chi connectivity index (χ1n) is 6.15. The minimum atomic E-state index is -0.669. The highest BCUT2D eigenvalue weighted by atomic mass is 16.5. The summed E-state index contributed by atoms with van der Waals surface area (Å²) < 4.78 is 5.56. The van der Waals surface area contributed by atoms with Crippen molar-refractivity contribution in [1.82, 2.24) is 0 Å². The van der Waals surface area contributed by atoms with Crippen LogP contribution in [0.3, 0.4) is 0 Å². The van der Waals surface area contributed by atoms with E-state index in [1.54, 1.807) is 37.3 Å². The predicted molar refractivity (Wildman–Crippen MR) is 72.5 cm³/mol. The lowest BCUT2D eigenvalue weighted by molar-refractivity contribution is -0.577. The Kier molecular flexibility index (Phi) is 4.14. The van der Waals surface area contributed by atoms with Crippen molar-refractivity contribution in [3.05, 3.63) is 47.3 Å². The van der Waals surface area contributed by atoms with Gasteiger partial charge in [-0.05, 0) is 18.6 Å². The molecule has 1 N–H and O–H groups in total. The molecule has 0 aliphatic heterocycles. The van der Waals surface area contributed by atoms with Crippen LogP contribution in [0.1, 0.15) is 12.5 Å². The molecule has 0 aliphatic rings. The molecule has 0 amide bonds. The maximum atomic E-state index is 11.7. The highest BCUT2D eigenvalue weighted by molar-refractivity contribution is 6.37. The number of carbonyl (C=O) groups excluding carboxylic acids is 1. The second-order valence-electron chi connectivity index (χ2n) is 4.13. The molecule has 2 rings (SSSR count). The molecule has 0 fully saturated rings. The van der Waals surface area contributed by atoms with Gasteiger partial charge in [-0.1, -0.05) is 17.3 Å². The lowest BCUT2D eigenvalue weighted by atomic mass is 10.0. The van der Waals surface area contributed by atoms with Crippen molar-refractivity contribution in [2.24, 2.45) is 5.16 Å². The maximum absolute atomic E-state index is 11.7. The molecule has 1 aromatic heterocycles. The van der Waals surface area contributed by atoms with Gasteiger partial charge in [-0.25, -0.2) is 4.79 Å². The van der Waals surface area contributed by atoms with E-state index in [9.17, 15) is 10.0 Å². The van der Waals surface area contributed by atoms with Crippen LogP contribution >= 0.6 is 0 Å². The number of hydrogen-bond donors (Lipinski definition) is 1. The second-order valence-corrected chi connectivity index (χ2v) is 4.13. The van der Waals surface area contributed by atoms with E-state index in [0.29, 0.717) is 16.5 Å². The van der Waals surface area contributed by atoms with Crippen LogP contribution in [0.15, 0.2) is 41.7 Å². The number of rotatable bonds is 4. The first-order valence-corrected chi connectivity index (χ1v) is 6.15. The molecule has 0 radical (unpaired) electrons. The van der Waals surface area contributed by atoms with Crippen LogP contribution < -0.4 is 4.73 Å². The molecule has 6 heteroatoms. The number of para-hydroxylation sites is 1. The van der Waals surface area contributed by atoms with E-state index < -0.39 is 5.97 Å². The Morgan fingerprint density at radius 1 is 1.40 bits per heavy atom. The van der Waals surface area contributed by atoms with Crippen molar-refractivity contribution in [3.8, 4) is 0 Å². The minimum absolute atomic E-state index is 0.0939. The molecular weight excluding hydrogens is 260 g/mol. The first kappa shape index (κ1) is 13.8. The third-order valence-electron chi connectivity index (χ3n) is 2.89. The number of benzene rings is 1. The van der Waals surface area contributed by atoms with Gasteiger partial charge in [0.05, 0.1) is 12.0 Å². The van der Waals surface area contributed by atoms with Gasteiger partial charge in [0, 0.05) is 18.6 Å². The summed E-state index contributed by atoms with van der Waals surface area (Å²) in [6, 6.07) is 8.61. The van der Waals surface area contributed by atoms with Crippen molar-refractivity contribution in [1.29, 1.82) is 0 Å². The van der Waals surface area contributed by atoms with E-state index in [4.69, 9.17) is 9.94 Å². The largest absolute Gasteiger partial charge is 0.618 e. The molecule has 0 spiro atoms. The monoisotopic (exact) mass is 274 g/mol. The van der Waals surface area contributed by atoms with Crippen molar-refractivity contribution < 1.29 is 19.5 Å². The molecule has 0 atom stereocenters. The van der Waals surface area contributed by atoms with E-state index in [-0.39, 0.29) is 18.7 Å². The van der Waals surface area contributed by atoms with E-state index in [2.05, 4.69) is 5.16 Å². The SMILES string of the molecule is CCOC(=O)C(Cc1cc[n+]([O-])c2ccccc12)=NO. The Balaban J connectivity index is 2.39. The van der Waals surface area contributed by atoms with Crippen LogP contribution in [0.25, 0.3) is 10.9 Å². The van der Waals surface area contributed by atoms with Crippen molar-refractivity contribution in [2.45, 2.75) is 13.3 Å². The smallest absolute Gasteiger partial charge is 0.356 e. The van der Waals surface area contributed by atoms with E-state index in [1.165, 1.54) is 6.20 Å². The third kappa shape index (κ3) is 2.69. The normalized spacial score (nSPS) is 11.6. The van der Waals surface area contributed by atoms with Gasteiger partial charge in [0.25, 0.3) is 0 Å². The van der Waals surface area contributed by atoms with Crippen LogP contribution in [0, 0.1) is 5.21 Å². The number of pyridine rings is 1. The summed E-state index contributed by atoms with van der Waals surface area (Å²) in [5.41, 5.74) is 1.11. The third-order valence-corrected chi connectivity index (χ3v) is 2.89. The van der Waals surface area contributed by atoms with Crippen LogP contribution in [-0.2, 0) is 16.0 Å². The molecular formula is C14H14N2O4. The Morgan fingerprint density at radius 2 is 2.15 bits per heavy atom. The minimum Gasteiger partial charge on any atom is -0.618 e. The topological polar surface area (TPSA) is 85.8 Å².